The lowest BCUT2D eigenvalue weighted by molar-refractivity contribution is -0.0414. The predicted molar refractivity (Wildman–Crippen MR) is 65.0 cm³/mol. The molecule has 0 aliphatic carbocycles. The van der Waals surface area contributed by atoms with Crippen LogP contribution >= 0.6 is 0 Å². The minimum atomic E-state index is -1.47. The minimum absolute atomic E-state index is 0.0614. The Bertz CT molecular complexity index is 373. The third kappa shape index (κ3) is 2.54. The quantitative estimate of drug-likeness (QED) is 0.747. The van der Waals surface area contributed by atoms with E-state index >= 15 is 0 Å². The average molecular weight is 238 g/mol. The Labute approximate surface area is 102 Å². The fraction of sp³-hybridized carbons (Fsp3) is 0.727. The summed E-state index contributed by atoms with van der Waals surface area (Å²) in [6.07, 6.45) is 4.61. The molecule has 0 aromatic carbocycles. The van der Waals surface area contributed by atoms with Crippen LogP contribution in [0.25, 0.3) is 0 Å². The minimum Gasteiger partial charge on any atom is -0.423 e. The topological polar surface area (TPSA) is 67.5 Å². The smallest absolute Gasteiger partial charge is 0.423 e. The highest BCUT2D eigenvalue weighted by Gasteiger charge is 2.27. The highest BCUT2D eigenvalue weighted by atomic mass is 16.5. The number of aromatic nitrogens is 2. The summed E-state index contributed by atoms with van der Waals surface area (Å²) in [5.41, 5.74) is 1.33. The molecule has 1 aromatic heterocycles. The van der Waals surface area contributed by atoms with Crippen molar-refractivity contribution in [2.45, 2.75) is 45.3 Å². The van der Waals surface area contributed by atoms with Crippen molar-refractivity contribution < 1.29 is 14.8 Å². The summed E-state index contributed by atoms with van der Waals surface area (Å²) in [5, 5.41) is 22.9. The fourth-order valence-electron chi connectivity index (χ4n) is 2.33. The third-order valence-corrected chi connectivity index (χ3v) is 3.12. The molecule has 2 N–H and O–H groups in total. The van der Waals surface area contributed by atoms with E-state index < -0.39 is 7.12 Å². The van der Waals surface area contributed by atoms with E-state index in [0.717, 1.165) is 31.6 Å². The van der Waals surface area contributed by atoms with Gasteiger partial charge in [-0.05, 0) is 25.2 Å². The zero-order valence-corrected chi connectivity index (χ0v) is 10.3. The van der Waals surface area contributed by atoms with Crippen LogP contribution in [-0.2, 0) is 4.74 Å². The SMILES string of the molecule is CC(C)c1c(B(O)O)cnn1C1CCCCO1. The van der Waals surface area contributed by atoms with Crippen molar-refractivity contribution in [2.24, 2.45) is 0 Å². The van der Waals surface area contributed by atoms with Gasteiger partial charge in [0.2, 0.25) is 0 Å². The van der Waals surface area contributed by atoms with Gasteiger partial charge in [-0.25, -0.2) is 4.68 Å². The molecular weight excluding hydrogens is 219 g/mol. The summed E-state index contributed by atoms with van der Waals surface area (Å²) in [7, 11) is -1.47. The fourth-order valence-corrected chi connectivity index (χ4v) is 2.33. The molecule has 1 aromatic rings. The van der Waals surface area contributed by atoms with Crippen LogP contribution in [0.5, 0.6) is 0 Å². The van der Waals surface area contributed by atoms with E-state index in [1.807, 2.05) is 13.8 Å². The summed E-state index contributed by atoms with van der Waals surface area (Å²) >= 11 is 0. The molecule has 0 amide bonds. The predicted octanol–water partition coefficient (Wildman–Crippen LogP) is 0.385. The van der Waals surface area contributed by atoms with Crippen molar-refractivity contribution in [2.75, 3.05) is 6.61 Å². The zero-order chi connectivity index (χ0) is 12.4. The third-order valence-electron chi connectivity index (χ3n) is 3.12. The van der Waals surface area contributed by atoms with E-state index in [1.54, 1.807) is 4.68 Å². The van der Waals surface area contributed by atoms with Crippen LogP contribution in [0.3, 0.4) is 0 Å². The van der Waals surface area contributed by atoms with Crippen molar-refractivity contribution in [1.82, 2.24) is 9.78 Å². The molecule has 0 bridgehead atoms. The Kier molecular flexibility index (Phi) is 3.86. The van der Waals surface area contributed by atoms with Crippen molar-refractivity contribution >= 4 is 12.6 Å². The van der Waals surface area contributed by atoms with Crippen molar-refractivity contribution in [1.29, 1.82) is 0 Å². The molecule has 1 aliphatic rings. The summed E-state index contributed by atoms with van der Waals surface area (Å²) in [6.45, 7) is 4.78. The molecule has 0 saturated carbocycles. The van der Waals surface area contributed by atoms with Gasteiger partial charge in [-0.2, -0.15) is 5.10 Å². The first-order chi connectivity index (χ1) is 8.11. The second-order valence-electron chi connectivity index (χ2n) is 4.78. The Hall–Kier alpha value is -0.845. The Morgan fingerprint density at radius 3 is 2.76 bits per heavy atom. The Morgan fingerprint density at radius 2 is 2.24 bits per heavy atom. The van der Waals surface area contributed by atoms with Gasteiger partial charge in [0, 0.05) is 24.0 Å². The Balaban J connectivity index is 2.32. The summed E-state index contributed by atoms with van der Waals surface area (Å²) in [5.74, 6) is 0.180. The van der Waals surface area contributed by atoms with E-state index in [2.05, 4.69) is 5.10 Å². The van der Waals surface area contributed by atoms with Crippen LogP contribution in [0, 0.1) is 0 Å². The van der Waals surface area contributed by atoms with Gasteiger partial charge >= 0.3 is 7.12 Å². The highest BCUT2D eigenvalue weighted by molar-refractivity contribution is 6.59. The van der Waals surface area contributed by atoms with E-state index in [-0.39, 0.29) is 12.1 Å². The van der Waals surface area contributed by atoms with E-state index in [1.165, 1.54) is 6.20 Å². The Morgan fingerprint density at radius 1 is 1.47 bits per heavy atom. The van der Waals surface area contributed by atoms with Crippen LogP contribution in [0.15, 0.2) is 6.20 Å². The monoisotopic (exact) mass is 238 g/mol. The standard InChI is InChI=1S/C11H19BN2O3/c1-8(2)11-9(12(15)16)7-13-14(11)10-5-3-4-6-17-10/h7-8,10,15-16H,3-6H2,1-2H3. The van der Waals surface area contributed by atoms with Crippen molar-refractivity contribution in [3.63, 3.8) is 0 Å². The van der Waals surface area contributed by atoms with Gasteiger partial charge in [0.1, 0.15) is 6.23 Å². The van der Waals surface area contributed by atoms with Gasteiger partial charge < -0.3 is 14.8 Å². The number of hydrogen-bond acceptors (Lipinski definition) is 4. The average Bonchev–Trinajstić information content (AvgIpc) is 2.74. The van der Waals surface area contributed by atoms with Crippen molar-refractivity contribution in [3.05, 3.63) is 11.9 Å². The maximum absolute atomic E-state index is 9.33. The zero-order valence-electron chi connectivity index (χ0n) is 10.3. The van der Waals surface area contributed by atoms with E-state index in [9.17, 15) is 10.0 Å². The molecule has 2 rings (SSSR count). The van der Waals surface area contributed by atoms with Gasteiger partial charge in [-0.1, -0.05) is 13.8 Å². The molecule has 1 unspecified atom stereocenters. The molecule has 1 atom stereocenters. The van der Waals surface area contributed by atoms with Gasteiger partial charge in [0.05, 0.1) is 0 Å². The molecule has 0 radical (unpaired) electrons. The molecular formula is C11H19BN2O3. The molecule has 17 heavy (non-hydrogen) atoms. The van der Waals surface area contributed by atoms with Gasteiger partial charge in [-0.3, -0.25) is 0 Å². The summed E-state index contributed by atoms with van der Waals surface area (Å²) < 4.78 is 7.49. The molecule has 1 aliphatic heterocycles. The number of hydrogen-bond donors (Lipinski definition) is 2. The lowest BCUT2D eigenvalue weighted by Crippen LogP contribution is -2.34. The number of nitrogens with zero attached hydrogens (tertiary/aromatic N) is 2. The van der Waals surface area contributed by atoms with Crippen molar-refractivity contribution in [3.8, 4) is 0 Å². The molecule has 6 heteroatoms. The molecule has 1 fully saturated rings. The van der Waals surface area contributed by atoms with E-state index in [4.69, 9.17) is 4.74 Å². The largest absolute Gasteiger partial charge is 0.491 e. The first kappa shape index (κ1) is 12.6. The van der Waals surface area contributed by atoms with E-state index in [0.29, 0.717) is 5.46 Å². The number of rotatable bonds is 3. The molecule has 94 valence electrons. The lowest BCUT2D eigenvalue weighted by Gasteiger charge is -2.26. The van der Waals surface area contributed by atoms with Crippen LogP contribution < -0.4 is 5.46 Å². The van der Waals surface area contributed by atoms with Crippen LogP contribution in [0.2, 0.25) is 0 Å². The second-order valence-corrected chi connectivity index (χ2v) is 4.78. The summed E-state index contributed by atoms with van der Waals surface area (Å²) in [6, 6.07) is 0. The molecule has 0 spiro atoms. The maximum atomic E-state index is 9.33. The van der Waals surface area contributed by atoms with Gasteiger partial charge in [0.15, 0.2) is 0 Å². The second kappa shape index (κ2) is 5.20. The van der Waals surface area contributed by atoms with Crippen LogP contribution in [0.1, 0.15) is 50.9 Å². The molecule has 1 saturated heterocycles. The van der Waals surface area contributed by atoms with Gasteiger partial charge in [-0.15, -0.1) is 0 Å². The number of ether oxygens (including phenoxy) is 1. The summed E-state index contributed by atoms with van der Waals surface area (Å²) in [4.78, 5) is 0. The maximum Gasteiger partial charge on any atom is 0.491 e. The van der Waals surface area contributed by atoms with Crippen LogP contribution in [-0.4, -0.2) is 33.6 Å². The normalized spacial score (nSPS) is 20.9. The lowest BCUT2D eigenvalue weighted by atomic mass is 9.78. The van der Waals surface area contributed by atoms with Crippen LogP contribution in [0.4, 0.5) is 0 Å². The highest BCUT2D eigenvalue weighted by Crippen LogP contribution is 2.25. The molecule has 2 heterocycles. The van der Waals surface area contributed by atoms with Gasteiger partial charge in [0.25, 0.3) is 0 Å². The first-order valence-electron chi connectivity index (χ1n) is 6.16. The first-order valence-corrected chi connectivity index (χ1v) is 6.16. The molecule has 5 nitrogen and oxygen atoms in total.